The van der Waals surface area contributed by atoms with E-state index in [1.54, 1.807) is 0 Å². The topological polar surface area (TPSA) is 29.1 Å². The number of hydrogen-bond donors (Lipinski definition) is 1. The molecule has 5 heteroatoms. The van der Waals surface area contributed by atoms with Crippen molar-refractivity contribution in [3.05, 3.63) is 32.7 Å². The van der Waals surface area contributed by atoms with Crippen LogP contribution in [0.4, 0.5) is 0 Å². The molecule has 0 bridgehead atoms. The number of amides is 1. The predicted octanol–water partition coefficient (Wildman–Crippen LogP) is 4.23. The lowest BCUT2D eigenvalue weighted by Crippen LogP contribution is -2.36. The fourth-order valence-electron chi connectivity index (χ4n) is 2.01. The molecule has 0 aromatic heterocycles. The average Bonchev–Trinajstić information content (AvgIpc) is 2.74. The Morgan fingerprint density at radius 2 is 2.28 bits per heavy atom. The third kappa shape index (κ3) is 3.52. The van der Waals surface area contributed by atoms with Gasteiger partial charge in [0.2, 0.25) is 0 Å². The summed E-state index contributed by atoms with van der Waals surface area (Å²) in [6, 6.07) is 5.60. The van der Waals surface area contributed by atoms with Gasteiger partial charge >= 0.3 is 0 Å². The number of nitrogens with one attached hydrogen (secondary N) is 1. The van der Waals surface area contributed by atoms with E-state index in [0.717, 1.165) is 15.5 Å². The molecule has 1 atom stereocenters. The van der Waals surface area contributed by atoms with Crippen molar-refractivity contribution in [3.63, 3.8) is 0 Å². The maximum Gasteiger partial charge on any atom is 0.252 e. The van der Waals surface area contributed by atoms with Crippen LogP contribution in [0.2, 0.25) is 0 Å². The molecule has 1 aromatic rings. The molecular weight excluding hydrogens is 378 g/mol. The van der Waals surface area contributed by atoms with E-state index in [2.05, 4.69) is 44.1 Å². The molecular formula is C13H15Br2NOS. The first-order valence-electron chi connectivity index (χ1n) is 5.87. The predicted molar refractivity (Wildman–Crippen MR) is 84.3 cm³/mol. The molecule has 98 valence electrons. The smallest absolute Gasteiger partial charge is 0.252 e. The third-order valence-corrected chi connectivity index (χ3v) is 5.79. The first-order valence-corrected chi connectivity index (χ1v) is 8.45. The molecule has 1 saturated heterocycles. The minimum Gasteiger partial charge on any atom is -0.351 e. The molecule has 0 radical (unpaired) electrons. The van der Waals surface area contributed by atoms with Crippen LogP contribution in [0, 0.1) is 0 Å². The van der Waals surface area contributed by atoms with Gasteiger partial charge in [0.15, 0.2) is 0 Å². The van der Waals surface area contributed by atoms with Gasteiger partial charge in [-0.25, -0.2) is 0 Å². The van der Waals surface area contributed by atoms with Crippen molar-refractivity contribution >= 4 is 49.5 Å². The lowest BCUT2D eigenvalue weighted by atomic mass is 10.1. The molecule has 18 heavy (non-hydrogen) atoms. The maximum absolute atomic E-state index is 12.1. The van der Waals surface area contributed by atoms with Gasteiger partial charge in [0.05, 0.1) is 5.56 Å². The summed E-state index contributed by atoms with van der Waals surface area (Å²) < 4.78 is 1.99. The molecule has 0 saturated carbocycles. The average molecular weight is 393 g/mol. The summed E-state index contributed by atoms with van der Waals surface area (Å²) in [5.74, 6) is 1.19. The Morgan fingerprint density at radius 1 is 1.50 bits per heavy atom. The van der Waals surface area contributed by atoms with Crippen molar-refractivity contribution in [2.24, 2.45) is 0 Å². The van der Waals surface area contributed by atoms with Crippen molar-refractivity contribution in [2.75, 3.05) is 12.3 Å². The van der Waals surface area contributed by atoms with E-state index >= 15 is 0 Å². The Bertz CT molecular complexity index is 458. The zero-order valence-electron chi connectivity index (χ0n) is 10.1. The Morgan fingerprint density at radius 3 is 2.89 bits per heavy atom. The lowest BCUT2D eigenvalue weighted by Gasteiger charge is -2.23. The molecule has 1 heterocycles. The first kappa shape index (κ1) is 14.4. The van der Waals surface area contributed by atoms with Crippen LogP contribution in [0.1, 0.15) is 30.1 Å². The molecule has 1 aliphatic heterocycles. The Balaban J connectivity index is 1.99. The minimum absolute atomic E-state index is 0.0110. The van der Waals surface area contributed by atoms with Gasteiger partial charge in [-0.1, -0.05) is 15.9 Å². The van der Waals surface area contributed by atoms with E-state index in [1.165, 1.54) is 18.6 Å². The zero-order valence-corrected chi connectivity index (χ0v) is 14.1. The summed E-state index contributed by atoms with van der Waals surface area (Å²) in [5, 5.41) is 3.04. The van der Waals surface area contributed by atoms with Crippen molar-refractivity contribution in [1.29, 1.82) is 0 Å². The van der Waals surface area contributed by atoms with Crippen molar-refractivity contribution < 1.29 is 4.79 Å². The largest absolute Gasteiger partial charge is 0.351 e. The van der Waals surface area contributed by atoms with E-state index in [1.807, 2.05) is 30.0 Å². The van der Waals surface area contributed by atoms with Gasteiger partial charge in [-0.05, 0) is 59.6 Å². The summed E-state index contributed by atoms with van der Waals surface area (Å²) in [7, 11) is 0. The highest BCUT2D eigenvalue weighted by Gasteiger charge is 2.29. The number of hydrogen-bond acceptors (Lipinski definition) is 2. The van der Waals surface area contributed by atoms with Gasteiger partial charge < -0.3 is 5.32 Å². The number of halogens is 2. The minimum atomic E-state index is -0.0110. The van der Waals surface area contributed by atoms with Gasteiger partial charge in [-0.2, -0.15) is 11.8 Å². The Kier molecular flexibility index (Phi) is 4.78. The second-order valence-electron chi connectivity index (χ2n) is 4.71. The Labute approximate surface area is 129 Å². The van der Waals surface area contributed by atoms with Gasteiger partial charge in [-0.15, -0.1) is 0 Å². The molecule has 1 aromatic carbocycles. The SMILES string of the molecule is CC1(CNC(=O)c2ccc(Br)cc2Br)CCCS1. The maximum atomic E-state index is 12.1. The number of rotatable bonds is 3. The first-order chi connectivity index (χ1) is 8.50. The highest BCUT2D eigenvalue weighted by molar-refractivity contribution is 9.11. The summed E-state index contributed by atoms with van der Waals surface area (Å²) in [6.07, 6.45) is 2.43. The van der Waals surface area contributed by atoms with Crippen LogP contribution in [-0.2, 0) is 0 Å². The normalized spacial score (nSPS) is 23.1. The fraction of sp³-hybridized carbons (Fsp3) is 0.462. The molecule has 2 nitrogen and oxygen atoms in total. The van der Waals surface area contributed by atoms with E-state index in [-0.39, 0.29) is 10.7 Å². The van der Waals surface area contributed by atoms with Crippen molar-refractivity contribution in [2.45, 2.75) is 24.5 Å². The summed E-state index contributed by atoms with van der Waals surface area (Å²) >= 11 is 8.75. The van der Waals surface area contributed by atoms with E-state index in [4.69, 9.17) is 0 Å². The zero-order chi connectivity index (χ0) is 13.2. The molecule has 1 aliphatic rings. The molecule has 0 spiro atoms. The fourth-order valence-corrected chi connectivity index (χ4v) is 4.48. The number of carbonyl (C=O) groups is 1. The van der Waals surface area contributed by atoms with E-state index < -0.39 is 0 Å². The third-order valence-electron chi connectivity index (χ3n) is 3.10. The Hall–Kier alpha value is -0.000000000000000111. The van der Waals surface area contributed by atoms with Crippen LogP contribution in [0.15, 0.2) is 27.1 Å². The van der Waals surface area contributed by atoms with E-state index in [9.17, 15) is 4.79 Å². The molecule has 0 aliphatic carbocycles. The quantitative estimate of drug-likeness (QED) is 0.833. The summed E-state index contributed by atoms with van der Waals surface area (Å²) in [6.45, 7) is 2.96. The second-order valence-corrected chi connectivity index (χ2v) is 8.16. The number of benzene rings is 1. The monoisotopic (exact) mass is 391 g/mol. The van der Waals surface area contributed by atoms with Gasteiger partial charge in [0.25, 0.3) is 5.91 Å². The summed E-state index contributed by atoms with van der Waals surface area (Å²) in [5.41, 5.74) is 0.685. The van der Waals surface area contributed by atoms with Gasteiger partial charge in [0.1, 0.15) is 0 Å². The van der Waals surface area contributed by atoms with Crippen molar-refractivity contribution in [1.82, 2.24) is 5.32 Å². The highest BCUT2D eigenvalue weighted by atomic mass is 79.9. The van der Waals surface area contributed by atoms with Crippen LogP contribution in [0.5, 0.6) is 0 Å². The standard InChI is InChI=1S/C13H15Br2NOS/c1-13(5-2-6-18-13)8-16-12(17)10-4-3-9(14)7-11(10)15/h3-4,7H,2,5-6,8H2,1H3,(H,16,17). The van der Waals surface area contributed by atoms with Gasteiger partial charge in [0, 0.05) is 20.2 Å². The summed E-state index contributed by atoms with van der Waals surface area (Å²) in [4.78, 5) is 12.1. The molecule has 1 unspecified atom stereocenters. The molecule has 1 N–H and O–H groups in total. The van der Waals surface area contributed by atoms with Crippen LogP contribution >= 0.6 is 43.6 Å². The lowest BCUT2D eigenvalue weighted by molar-refractivity contribution is 0.0949. The molecule has 1 fully saturated rings. The van der Waals surface area contributed by atoms with E-state index in [0.29, 0.717) is 5.56 Å². The molecule has 2 rings (SSSR count). The number of carbonyl (C=O) groups excluding carboxylic acids is 1. The van der Waals surface area contributed by atoms with Crippen LogP contribution < -0.4 is 5.32 Å². The van der Waals surface area contributed by atoms with Crippen LogP contribution in [0.3, 0.4) is 0 Å². The van der Waals surface area contributed by atoms with Crippen LogP contribution in [-0.4, -0.2) is 23.0 Å². The second kappa shape index (κ2) is 5.97. The number of thioether (sulfide) groups is 1. The molecule has 1 amide bonds. The highest BCUT2D eigenvalue weighted by Crippen LogP contribution is 2.37. The van der Waals surface area contributed by atoms with Gasteiger partial charge in [-0.3, -0.25) is 4.79 Å². The van der Waals surface area contributed by atoms with Crippen LogP contribution in [0.25, 0.3) is 0 Å². The van der Waals surface area contributed by atoms with Crippen molar-refractivity contribution in [3.8, 4) is 0 Å².